The van der Waals surface area contributed by atoms with Crippen molar-refractivity contribution in [3.05, 3.63) is 23.8 Å². The van der Waals surface area contributed by atoms with E-state index in [4.69, 9.17) is 14.6 Å². The zero-order chi connectivity index (χ0) is 15.5. The average Bonchev–Trinajstić information content (AvgIpc) is 2.54. The molecule has 6 nitrogen and oxygen atoms in total. The monoisotopic (exact) mass is 315 g/mol. The third-order valence-electron chi connectivity index (χ3n) is 3.76. The summed E-state index contributed by atoms with van der Waals surface area (Å²) in [5.41, 5.74) is 0.615. The lowest BCUT2D eigenvalue weighted by molar-refractivity contribution is 0.0604. The van der Waals surface area contributed by atoms with E-state index in [1.807, 2.05) is 0 Å². The maximum absolute atomic E-state index is 12.7. The van der Waals surface area contributed by atoms with E-state index in [0.29, 0.717) is 31.5 Å². The number of rotatable bonds is 5. The molecule has 0 aliphatic carbocycles. The second-order valence-electron chi connectivity index (χ2n) is 4.98. The van der Waals surface area contributed by atoms with Crippen LogP contribution < -0.4 is 4.74 Å². The fourth-order valence-electron chi connectivity index (χ4n) is 2.47. The van der Waals surface area contributed by atoms with Crippen molar-refractivity contribution < 1.29 is 23.0 Å². The molecule has 7 heteroatoms. The lowest BCUT2D eigenvalue weighted by Gasteiger charge is -2.30. The number of sulfonamides is 1. The molecule has 2 rings (SSSR count). The van der Waals surface area contributed by atoms with Crippen molar-refractivity contribution in [1.29, 1.82) is 0 Å². The standard InChI is InChI=1S/C14H21NO5S/c1-19-12-5-7-15(8-6-12)21(17,18)14-4-3-11(10-16)9-13(14)20-2/h3-4,9,12,16H,5-8,10H2,1-2H3. The van der Waals surface area contributed by atoms with Crippen LogP contribution >= 0.6 is 0 Å². The van der Waals surface area contributed by atoms with Crippen molar-refractivity contribution in [2.24, 2.45) is 0 Å². The van der Waals surface area contributed by atoms with Gasteiger partial charge in [0.15, 0.2) is 0 Å². The SMILES string of the molecule is COc1cc(CO)ccc1S(=O)(=O)N1CCC(OC)CC1. The van der Waals surface area contributed by atoms with E-state index in [0.717, 1.165) is 0 Å². The molecular weight excluding hydrogens is 294 g/mol. The van der Waals surface area contributed by atoms with Gasteiger partial charge < -0.3 is 14.6 Å². The molecule has 1 heterocycles. The molecule has 1 aliphatic heterocycles. The van der Waals surface area contributed by atoms with E-state index in [1.165, 1.54) is 17.5 Å². The number of nitrogens with zero attached hydrogens (tertiary/aromatic N) is 1. The third kappa shape index (κ3) is 3.37. The molecule has 0 bridgehead atoms. The van der Waals surface area contributed by atoms with Crippen LogP contribution in [0.3, 0.4) is 0 Å². The highest BCUT2D eigenvalue weighted by Gasteiger charge is 2.31. The van der Waals surface area contributed by atoms with Gasteiger partial charge in [-0.1, -0.05) is 6.07 Å². The highest BCUT2D eigenvalue weighted by Crippen LogP contribution is 2.29. The van der Waals surface area contributed by atoms with Crippen LogP contribution in [0.5, 0.6) is 5.75 Å². The normalized spacial score (nSPS) is 17.9. The number of methoxy groups -OCH3 is 2. The minimum absolute atomic E-state index is 0.120. The Kier molecular flexibility index (Phi) is 5.21. The van der Waals surface area contributed by atoms with Gasteiger partial charge in [-0.25, -0.2) is 8.42 Å². The molecule has 0 unspecified atom stereocenters. The predicted octanol–water partition coefficient (Wildman–Crippen LogP) is 0.987. The molecule has 0 amide bonds. The first-order chi connectivity index (χ1) is 10.0. The van der Waals surface area contributed by atoms with Crippen molar-refractivity contribution in [3.8, 4) is 5.75 Å². The summed E-state index contributed by atoms with van der Waals surface area (Å²) in [5, 5.41) is 9.13. The molecule has 1 aromatic carbocycles. The number of hydrogen-bond donors (Lipinski definition) is 1. The molecule has 0 saturated carbocycles. The van der Waals surface area contributed by atoms with E-state index in [2.05, 4.69) is 0 Å². The number of aliphatic hydroxyl groups is 1. The maximum Gasteiger partial charge on any atom is 0.246 e. The average molecular weight is 315 g/mol. The molecule has 1 aliphatic rings. The molecule has 0 aromatic heterocycles. The second-order valence-corrected chi connectivity index (χ2v) is 6.89. The fraction of sp³-hybridized carbons (Fsp3) is 0.571. The van der Waals surface area contributed by atoms with E-state index >= 15 is 0 Å². The van der Waals surface area contributed by atoms with Gasteiger partial charge in [-0.15, -0.1) is 0 Å². The Morgan fingerprint density at radius 1 is 1.29 bits per heavy atom. The van der Waals surface area contributed by atoms with E-state index < -0.39 is 10.0 Å². The van der Waals surface area contributed by atoms with Crippen LogP contribution in [0, 0.1) is 0 Å². The zero-order valence-electron chi connectivity index (χ0n) is 12.3. The summed E-state index contributed by atoms with van der Waals surface area (Å²) in [6, 6.07) is 4.63. The zero-order valence-corrected chi connectivity index (χ0v) is 13.1. The summed E-state index contributed by atoms with van der Waals surface area (Å²) in [5.74, 6) is 0.260. The van der Waals surface area contributed by atoms with Gasteiger partial charge in [0.05, 0.1) is 19.8 Å². The number of ether oxygens (including phenoxy) is 2. The first-order valence-electron chi connectivity index (χ1n) is 6.83. The van der Waals surface area contributed by atoms with Crippen LogP contribution in [0.15, 0.2) is 23.1 Å². The van der Waals surface area contributed by atoms with Gasteiger partial charge in [0.1, 0.15) is 10.6 Å². The maximum atomic E-state index is 12.7. The van der Waals surface area contributed by atoms with Crippen LogP contribution in [-0.4, -0.2) is 51.2 Å². The van der Waals surface area contributed by atoms with E-state index in [9.17, 15) is 8.42 Å². The van der Waals surface area contributed by atoms with Gasteiger partial charge in [0, 0.05) is 20.2 Å². The minimum atomic E-state index is -3.59. The van der Waals surface area contributed by atoms with Gasteiger partial charge in [-0.2, -0.15) is 4.31 Å². The minimum Gasteiger partial charge on any atom is -0.495 e. The summed E-state index contributed by atoms with van der Waals surface area (Å²) >= 11 is 0. The largest absolute Gasteiger partial charge is 0.495 e. The third-order valence-corrected chi connectivity index (χ3v) is 5.70. The summed E-state index contributed by atoms with van der Waals surface area (Å²) in [6.45, 7) is 0.716. The van der Waals surface area contributed by atoms with Crippen LogP contribution in [0.25, 0.3) is 0 Å². The molecule has 0 spiro atoms. The number of benzene rings is 1. The van der Waals surface area contributed by atoms with E-state index in [-0.39, 0.29) is 23.4 Å². The van der Waals surface area contributed by atoms with Crippen molar-refractivity contribution in [2.45, 2.75) is 30.4 Å². The van der Waals surface area contributed by atoms with Gasteiger partial charge >= 0.3 is 0 Å². The predicted molar refractivity (Wildman–Crippen MR) is 77.7 cm³/mol. The van der Waals surface area contributed by atoms with Gasteiger partial charge in [-0.05, 0) is 30.5 Å². The lowest BCUT2D eigenvalue weighted by Crippen LogP contribution is -2.40. The van der Waals surface area contributed by atoms with Crippen LogP contribution in [0.2, 0.25) is 0 Å². The van der Waals surface area contributed by atoms with Crippen molar-refractivity contribution in [1.82, 2.24) is 4.31 Å². The second kappa shape index (κ2) is 6.74. The number of piperidine rings is 1. The summed E-state index contributed by atoms with van der Waals surface area (Å²) < 4.78 is 37.3. The Hall–Kier alpha value is -1.15. The van der Waals surface area contributed by atoms with E-state index in [1.54, 1.807) is 19.2 Å². The molecule has 118 valence electrons. The summed E-state index contributed by atoms with van der Waals surface area (Å²) in [7, 11) is -0.523. The fourth-order valence-corrected chi connectivity index (χ4v) is 4.08. The molecule has 0 radical (unpaired) electrons. The Bertz CT molecular complexity index is 579. The summed E-state index contributed by atoms with van der Waals surface area (Å²) in [6.07, 6.45) is 1.50. The molecule has 1 aromatic rings. The van der Waals surface area contributed by atoms with Crippen LogP contribution in [0.1, 0.15) is 18.4 Å². The van der Waals surface area contributed by atoms with Crippen molar-refractivity contribution >= 4 is 10.0 Å². The number of hydrogen-bond acceptors (Lipinski definition) is 5. The highest BCUT2D eigenvalue weighted by molar-refractivity contribution is 7.89. The van der Waals surface area contributed by atoms with Crippen molar-refractivity contribution in [3.63, 3.8) is 0 Å². The quantitative estimate of drug-likeness (QED) is 0.877. The molecule has 1 fully saturated rings. The smallest absolute Gasteiger partial charge is 0.246 e. The topological polar surface area (TPSA) is 76.1 Å². The molecule has 1 saturated heterocycles. The Balaban J connectivity index is 2.27. The van der Waals surface area contributed by atoms with Gasteiger partial charge in [-0.3, -0.25) is 0 Å². The highest BCUT2D eigenvalue weighted by atomic mass is 32.2. The van der Waals surface area contributed by atoms with Crippen molar-refractivity contribution in [2.75, 3.05) is 27.3 Å². The first kappa shape index (κ1) is 16.2. The molecule has 1 N–H and O–H groups in total. The molecule has 0 atom stereocenters. The molecular formula is C14H21NO5S. The lowest BCUT2D eigenvalue weighted by atomic mass is 10.1. The Morgan fingerprint density at radius 3 is 2.48 bits per heavy atom. The Labute approximate surface area is 125 Å². The van der Waals surface area contributed by atoms with Gasteiger partial charge in [0.2, 0.25) is 10.0 Å². The number of aliphatic hydroxyl groups excluding tert-OH is 1. The Morgan fingerprint density at radius 2 is 1.95 bits per heavy atom. The first-order valence-corrected chi connectivity index (χ1v) is 8.27. The van der Waals surface area contributed by atoms with Gasteiger partial charge in [0.25, 0.3) is 0 Å². The summed E-state index contributed by atoms with van der Waals surface area (Å²) in [4.78, 5) is 0.137. The van der Waals surface area contributed by atoms with Crippen LogP contribution in [-0.2, 0) is 21.4 Å². The van der Waals surface area contributed by atoms with Crippen LogP contribution in [0.4, 0.5) is 0 Å². The molecule has 21 heavy (non-hydrogen) atoms.